The molecular weight excluding hydrogens is 244 g/mol. The number of pyridine rings is 1. The van der Waals surface area contributed by atoms with Crippen LogP contribution in [0.4, 0.5) is 5.82 Å². The van der Waals surface area contributed by atoms with Crippen molar-refractivity contribution < 1.29 is 9.53 Å². The van der Waals surface area contributed by atoms with E-state index in [0.29, 0.717) is 24.5 Å². The molecular formula is C13H20N4O2. The molecule has 1 atom stereocenters. The molecule has 0 aromatic carbocycles. The van der Waals surface area contributed by atoms with E-state index in [4.69, 9.17) is 10.6 Å². The lowest BCUT2D eigenvalue weighted by Crippen LogP contribution is -2.53. The Hall–Kier alpha value is -1.66. The van der Waals surface area contributed by atoms with Gasteiger partial charge in [-0.2, -0.15) is 0 Å². The van der Waals surface area contributed by atoms with Gasteiger partial charge in [0, 0.05) is 19.3 Å². The molecule has 1 aliphatic rings. The van der Waals surface area contributed by atoms with Crippen LogP contribution < -0.4 is 11.3 Å². The van der Waals surface area contributed by atoms with E-state index in [2.05, 4.69) is 10.4 Å². The van der Waals surface area contributed by atoms with Gasteiger partial charge in [0.15, 0.2) is 0 Å². The monoisotopic (exact) mass is 264 g/mol. The Balaban J connectivity index is 2.14. The molecule has 3 N–H and O–H groups in total. The first-order valence-electron chi connectivity index (χ1n) is 6.31. The number of aromatic nitrogens is 1. The Bertz CT molecular complexity index is 458. The molecule has 104 valence electrons. The SMILES string of the molecule is CC1CN(C(=O)c2ccc(NN)nc2)CC(C)(C)O1. The first-order chi connectivity index (χ1) is 8.91. The van der Waals surface area contributed by atoms with Gasteiger partial charge in [-0.15, -0.1) is 0 Å². The molecule has 0 aliphatic carbocycles. The van der Waals surface area contributed by atoms with Crippen molar-refractivity contribution in [2.45, 2.75) is 32.5 Å². The number of morpholine rings is 1. The largest absolute Gasteiger partial charge is 0.369 e. The molecule has 0 saturated carbocycles. The van der Waals surface area contributed by atoms with Crippen molar-refractivity contribution in [2.24, 2.45) is 5.84 Å². The second kappa shape index (κ2) is 5.14. The summed E-state index contributed by atoms with van der Waals surface area (Å²) < 4.78 is 5.79. The lowest BCUT2D eigenvalue weighted by molar-refractivity contribution is -0.118. The van der Waals surface area contributed by atoms with Crippen molar-refractivity contribution in [3.05, 3.63) is 23.9 Å². The second-order valence-corrected chi connectivity index (χ2v) is 5.45. The van der Waals surface area contributed by atoms with Gasteiger partial charge in [-0.05, 0) is 32.9 Å². The lowest BCUT2D eigenvalue weighted by atomic mass is 10.0. The minimum atomic E-state index is -0.320. The Labute approximate surface area is 112 Å². The predicted octanol–water partition coefficient (Wildman–Crippen LogP) is 1.01. The summed E-state index contributed by atoms with van der Waals surface area (Å²) in [7, 11) is 0. The van der Waals surface area contributed by atoms with Crippen LogP contribution >= 0.6 is 0 Å². The van der Waals surface area contributed by atoms with Gasteiger partial charge in [-0.25, -0.2) is 10.8 Å². The molecule has 2 heterocycles. The van der Waals surface area contributed by atoms with Crippen LogP contribution in [0.3, 0.4) is 0 Å². The first-order valence-corrected chi connectivity index (χ1v) is 6.31. The fourth-order valence-corrected chi connectivity index (χ4v) is 2.40. The number of anilines is 1. The first kappa shape index (κ1) is 13.8. The highest BCUT2D eigenvalue weighted by Gasteiger charge is 2.34. The summed E-state index contributed by atoms with van der Waals surface area (Å²) >= 11 is 0. The standard InChI is InChI=1S/C13H20N4O2/c1-9-7-17(8-13(2,3)19-9)12(18)10-4-5-11(16-14)15-6-10/h4-6,9H,7-8,14H2,1-3H3,(H,15,16). The number of amides is 1. The number of carbonyl (C=O) groups excluding carboxylic acids is 1. The normalized spacial score (nSPS) is 22.1. The van der Waals surface area contributed by atoms with E-state index in [9.17, 15) is 4.79 Å². The number of hydrogen-bond acceptors (Lipinski definition) is 5. The maximum absolute atomic E-state index is 12.4. The summed E-state index contributed by atoms with van der Waals surface area (Å²) in [5, 5.41) is 0. The average molecular weight is 264 g/mol. The number of carbonyl (C=O) groups is 1. The van der Waals surface area contributed by atoms with Gasteiger partial charge >= 0.3 is 0 Å². The minimum Gasteiger partial charge on any atom is -0.369 e. The number of nitrogens with zero attached hydrogens (tertiary/aromatic N) is 2. The summed E-state index contributed by atoms with van der Waals surface area (Å²) in [5.41, 5.74) is 2.68. The van der Waals surface area contributed by atoms with Gasteiger partial charge < -0.3 is 15.1 Å². The van der Waals surface area contributed by atoms with E-state index in [0.717, 1.165) is 0 Å². The van der Waals surface area contributed by atoms with Crippen molar-refractivity contribution in [3.63, 3.8) is 0 Å². The number of hydrazine groups is 1. The molecule has 1 aromatic rings. The number of nitrogens with two attached hydrogens (primary N) is 1. The Kier molecular flexibility index (Phi) is 3.73. The van der Waals surface area contributed by atoms with Gasteiger partial charge in [-0.3, -0.25) is 4.79 Å². The van der Waals surface area contributed by atoms with Gasteiger partial charge in [0.05, 0.1) is 17.3 Å². The molecule has 0 spiro atoms. The number of hydrogen-bond donors (Lipinski definition) is 2. The summed E-state index contributed by atoms with van der Waals surface area (Å²) in [6, 6.07) is 3.40. The van der Waals surface area contributed by atoms with Crippen LogP contribution in [0.25, 0.3) is 0 Å². The average Bonchev–Trinajstić information content (AvgIpc) is 2.35. The van der Waals surface area contributed by atoms with Gasteiger partial charge in [0.25, 0.3) is 5.91 Å². The molecule has 1 aromatic heterocycles. The van der Waals surface area contributed by atoms with Crippen LogP contribution in [-0.2, 0) is 4.74 Å². The number of nitrogens with one attached hydrogen (secondary N) is 1. The zero-order chi connectivity index (χ0) is 14.0. The third-order valence-corrected chi connectivity index (χ3v) is 3.01. The minimum absolute atomic E-state index is 0.0284. The molecule has 1 saturated heterocycles. The molecule has 0 radical (unpaired) electrons. The molecule has 0 bridgehead atoms. The number of ether oxygens (including phenoxy) is 1. The van der Waals surface area contributed by atoms with E-state index < -0.39 is 0 Å². The van der Waals surface area contributed by atoms with Crippen LogP contribution in [0.5, 0.6) is 0 Å². The Morgan fingerprint density at radius 1 is 1.58 bits per heavy atom. The maximum Gasteiger partial charge on any atom is 0.255 e. The molecule has 19 heavy (non-hydrogen) atoms. The van der Waals surface area contributed by atoms with Crippen LogP contribution in [0.1, 0.15) is 31.1 Å². The highest BCUT2D eigenvalue weighted by Crippen LogP contribution is 2.22. The predicted molar refractivity (Wildman–Crippen MR) is 72.6 cm³/mol. The van der Waals surface area contributed by atoms with Gasteiger partial charge in [-0.1, -0.05) is 0 Å². The molecule has 6 nitrogen and oxygen atoms in total. The van der Waals surface area contributed by atoms with Gasteiger partial charge in [0.1, 0.15) is 5.82 Å². The zero-order valence-electron chi connectivity index (χ0n) is 11.5. The fraction of sp³-hybridized carbons (Fsp3) is 0.538. The Morgan fingerprint density at radius 3 is 2.84 bits per heavy atom. The highest BCUT2D eigenvalue weighted by molar-refractivity contribution is 5.94. The maximum atomic E-state index is 12.4. The number of rotatable bonds is 2. The second-order valence-electron chi connectivity index (χ2n) is 5.45. The quantitative estimate of drug-likeness (QED) is 0.615. The fourth-order valence-electron chi connectivity index (χ4n) is 2.40. The summed E-state index contributed by atoms with van der Waals surface area (Å²) in [4.78, 5) is 18.3. The summed E-state index contributed by atoms with van der Waals surface area (Å²) in [5.74, 6) is 5.75. The zero-order valence-corrected chi connectivity index (χ0v) is 11.5. The highest BCUT2D eigenvalue weighted by atomic mass is 16.5. The smallest absolute Gasteiger partial charge is 0.255 e. The summed E-state index contributed by atoms with van der Waals surface area (Å²) in [6.07, 6.45) is 1.57. The molecule has 1 aliphatic heterocycles. The van der Waals surface area contributed by atoms with E-state index in [1.807, 2.05) is 20.8 Å². The summed E-state index contributed by atoms with van der Waals surface area (Å²) in [6.45, 7) is 7.12. The molecule has 2 rings (SSSR count). The van der Waals surface area contributed by atoms with Crippen LogP contribution in [0.2, 0.25) is 0 Å². The van der Waals surface area contributed by atoms with Crippen LogP contribution in [-0.4, -0.2) is 40.6 Å². The molecule has 6 heteroatoms. The van der Waals surface area contributed by atoms with Crippen LogP contribution in [0, 0.1) is 0 Å². The van der Waals surface area contributed by atoms with Crippen molar-refractivity contribution in [2.75, 3.05) is 18.5 Å². The third-order valence-electron chi connectivity index (χ3n) is 3.01. The van der Waals surface area contributed by atoms with Crippen molar-refractivity contribution in [3.8, 4) is 0 Å². The van der Waals surface area contributed by atoms with Gasteiger partial charge in [0.2, 0.25) is 0 Å². The van der Waals surface area contributed by atoms with Crippen molar-refractivity contribution in [1.82, 2.24) is 9.88 Å². The van der Waals surface area contributed by atoms with E-state index in [-0.39, 0.29) is 17.6 Å². The molecule has 1 amide bonds. The molecule has 1 unspecified atom stereocenters. The van der Waals surface area contributed by atoms with E-state index >= 15 is 0 Å². The topological polar surface area (TPSA) is 80.5 Å². The van der Waals surface area contributed by atoms with Crippen molar-refractivity contribution >= 4 is 11.7 Å². The molecule has 1 fully saturated rings. The van der Waals surface area contributed by atoms with Crippen molar-refractivity contribution in [1.29, 1.82) is 0 Å². The Morgan fingerprint density at radius 2 is 2.32 bits per heavy atom. The van der Waals surface area contributed by atoms with E-state index in [1.54, 1.807) is 17.0 Å². The van der Waals surface area contributed by atoms with E-state index in [1.165, 1.54) is 6.20 Å². The lowest BCUT2D eigenvalue weighted by Gasteiger charge is -2.41. The third kappa shape index (κ3) is 3.21. The van der Waals surface area contributed by atoms with Crippen LogP contribution in [0.15, 0.2) is 18.3 Å². The number of nitrogen functional groups attached to an aromatic ring is 1.